The number of ether oxygens (including phenoxy) is 2. The van der Waals surface area contributed by atoms with Gasteiger partial charge in [0.05, 0.1) is 19.1 Å². The average molecular weight is 429 g/mol. The first-order valence-corrected chi connectivity index (χ1v) is 9.49. The Kier molecular flexibility index (Phi) is 6.23. The van der Waals surface area contributed by atoms with Gasteiger partial charge in [0.2, 0.25) is 5.69 Å². The number of hydrazine groups is 1. The molecule has 1 aromatic heterocycles. The maximum Gasteiger partial charge on any atom is 0.322 e. The van der Waals surface area contributed by atoms with Crippen molar-refractivity contribution in [1.29, 1.82) is 0 Å². The number of amides is 2. The van der Waals surface area contributed by atoms with E-state index in [1.54, 1.807) is 24.3 Å². The second-order valence-corrected chi connectivity index (χ2v) is 6.85. The van der Waals surface area contributed by atoms with E-state index in [4.69, 9.17) is 9.47 Å². The summed E-state index contributed by atoms with van der Waals surface area (Å²) >= 11 is 0. The monoisotopic (exact) mass is 429 g/mol. The summed E-state index contributed by atoms with van der Waals surface area (Å²) in [5.74, 6) is 0.0789. The van der Waals surface area contributed by atoms with Gasteiger partial charge in [0, 0.05) is 31.8 Å². The largest absolute Gasteiger partial charge is 0.497 e. The van der Waals surface area contributed by atoms with E-state index in [1.165, 1.54) is 49.0 Å². The van der Waals surface area contributed by atoms with Gasteiger partial charge >= 0.3 is 5.69 Å². The maximum absolute atomic E-state index is 13.1. The van der Waals surface area contributed by atoms with E-state index in [0.717, 1.165) is 0 Å². The van der Waals surface area contributed by atoms with Crippen LogP contribution in [-0.4, -0.2) is 63.8 Å². The third-order valence-corrected chi connectivity index (χ3v) is 4.94. The number of aromatic nitrogens is 2. The normalized spacial score (nSPS) is 13.7. The number of carbonyl (C=O) groups excluding carboxylic acids is 2. The zero-order valence-corrected chi connectivity index (χ0v) is 17.7. The van der Waals surface area contributed by atoms with Gasteiger partial charge in [0.25, 0.3) is 11.8 Å². The number of nitrogens with zero attached hydrogens (tertiary/aromatic N) is 5. The Morgan fingerprint density at radius 3 is 2.55 bits per heavy atom. The first kappa shape index (κ1) is 21.8. The molecule has 0 bridgehead atoms. The molecule has 0 aliphatic carbocycles. The summed E-state index contributed by atoms with van der Waals surface area (Å²) in [5.41, 5.74) is 0.243. The van der Waals surface area contributed by atoms with Crippen molar-refractivity contribution in [3.8, 4) is 11.5 Å². The van der Waals surface area contributed by atoms with E-state index in [1.807, 2.05) is 0 Å². The lowest BCUT2D eigenvalue weighted by Gasteiger charge is -2.26. The number of methoxy groups -OCH3 is 2. The first-order chi connectivity index (χ1) is 14.8. The molecule has 1 saturated heterocycles. The van der Waals surface area contributed by atoms with E-state index in [2.05, 4.69) is 5.10 Å². The molecule has 0 saturated carbocycles. The molecule has 164 valence electrons. The number of hydrogen-bond donors (Lipinski definition) is 0. The minimum Gasteiger partial charge on any atom is -0.497 e. The van der Waals surface area contributed by atoms with Crippen LogP contribution in [0.1, 0.15) is 28.2 Å². The fourth-order valence-electron chi connectivity index (χ4n) is 3.50. The van der Waals surface area contributed by atoms with Crippen LogP contribution in [0.15, 0.2) is 24.3 Å². The van der Waals surface area contributed by atoms with Gasteiger partial charge in [0.15, 0.2) is 0 Å². The number of nitro groups is 1. The fourth-order valence-corrected chi connectivity index (χ4v) is 3.50. The van der Waals surface area contributed by atoms with E-state index >= 15 is 0 Å². The van der Waals surface area contributed by atoms with Gasteiger partial charge in [-0.3, -0.25) is 24.4 Å². The van der Waals surface area contributed by atoms with Crippen molar-refractivity contribution in [3.63, 3.8) is 0 Å². The van der Waals surface area contributed by atoms with Crippen molar-refractivity contribution in [2.24, 2.45) is 7.05 Å². The van der Waals surface area contributed by atoms with Crippen molar-refractivity contribution in [2.45, 2.75) is 13.3 Å². The van der Waals surface area contributed by atoms with Gasteiger partial charge < -0.3 is 9.47 Å². The highest BCUT2D eigenvalue weighted by Gasteiger charge is 2.37. The first-order valence-electron chi connectivity index (χ1n) is 9.49. The van der Waals surface area contributed by atoms with Crippen LogP contribution in [-0.2, 0) is 11.8 Å². The molecule has 0 spiro atoms. The Balaban J connectivity index is 1.86. The maximum atomic E-state index is 13.1. The third-order valence-electron chi connectivity index (χ3n) is 4.94. The topological polar surface area (TPSA) is 120 Å². The van der Waals surface area contributed by atoms with Crippen molar-refractivity contribution in [3.05, 3.63) is 51.3 Å². The van der Waals surface area contributed by atoms with Gasteiger partial charge in [-0.1, -0.05) is 0 Å². The zero-order chi connectivity index (χ0) is 22.7. The van der Waals surface area contributed by atoms with Gasteiger partial charge in [-0.2, -0.15) is 5.10 Å². The summed E-state index contributed by atoms with van der Waals surface area (Å²) in [6.07, 6.45) is 3.45. The van der Waals surface area contributed by atoms with Gasteiger partial charge in [-0.05, 0) is 37.6 Å². The molecule has 1 aliphatic rings. The number of carbonyl (C=O) groups is 2. The van der Waals surface area contributed by atoms with E-state index in [0.29, 0.717) is 30.0 Å². The van der Waals surface area contributed by atoms with E-state index < -0.39 is 16.7 Å². The Hall–Kier alpha value is -3.89. The molecule has 11 heteroatoms. The molecule has 11 nitrogen and oxygen atoms in total. The van der Waals surface area contributed by atoms with Crippen LogP contribution in [0, 0.1) is 17.0 Å². The highest BCUT2D eigenvalue weighted by atomic mass is 16.6. The molecule has 1 aromatic carbocycles. The molecular formula is C20H23N5O6. The summed E-state index contributed by atoms with van der Waals surface area (Å²) in [6, 6.07) is 5.18. The third kappa shape index (κ3) is 4.20. The van der Waals surface area contributed by atoms with Crippen LogP contribution >= 0.6 is 0 Å². The SMILES string of the molecule is COc1ccc(OC)c(/C=C/C(=O)N2CCCN2C(=O)c2c([N+](=O)[O-])c(C)nn2C)c1. The van der Waals surface area contributed by atoms with Crippen LogP contribution in [0.2, 0.25) is 0 Å². The highest BCUT2D eigenvalue weighted by molar-refractivity contribution is 6.00. The summed E-state index contributed by atoms with van der Waals surface area (Å²) in [5, 5.41) is 17.9. The lowest BCUT2D eigenvalue weighted by atomic mass is 10.1. The lowest BCUT2D eigenvalue weighted by molar-refractivity contribution is -0.385. The van der Waals surface area contributed by atoms with Crippen LogP contribution in [0.4, 0.5) is 5.69 Å². The van der Waals surface area contributed by atoms with E-state index in [-0.39, 0.29) is 23.6 Å². The quantitative estimate of drug-likeness (QED) is 0.391. The molecular weight excluding hydrogens is 406 g/mol. The van der Waals surface area contributed by atoms with Crippen LogP contribution in [0.5, 0.6) is 11.5 Å². The minimum absolute atomic E-state index is 0.137. The molecule has 2 amide bonds. The van der Waals surface area contributed by atoms with Gasteiger partial charge in [0.1, 0.15) is 17.2 Å². The number of rotatable bonds is 6. The molecule has 3 rings (SSSR count). The van der Waals surface area contributed by atoms with Crippen molar-refractivity contribution in [2.75, 3.05) is 27.3 Å². The molecule has 1 aliphatic heterocycles. The second-order valence-electron chi connectivity index (χ2n) is 6.85. The number of benzene rings is 1. The van der Waals surface area contributed by atoms with Gasteiger partial charge in [-0.15, -0.1) is 0 Å². The Bertz CT molecular complexity index is 1060. The molecule has 0 atom stereocenters. The predicted octanol–water partition coefficient (Wildman–Crippen LogP) is 1.96. The standard InChI is InChI=1S/C20H23N5O6/c1-13-18(25(28)29)19(22(2)21-13)20(27)24-11-5-10-23(24)17(26)9-6-14-12-15(30-3)7-8-16(14)31-4/h6-9,12H,5,10-11H2,1-4H3/b9-6+. The summed E-state index contributed by atoms with van der Waals surface area (Å²) in [4.78, 5) is 36.7. The molecule has 2 heterocycles. The van der Waals surface area contributed by atoms with Gasteiger partial charge in [-0.25, -0.2) is 10.0 Å². The lowest BCUT2D eigenvalue weighted by Crippen LogP contribution is -2.44. The van der Waals surface area contributed by atoms with Crippen LogP contribution in [0.3, 0.4) is 0 Å². The average Bonchev–Trinajstić information content (AvgIpc) is 3.35. The molecule has 0 radical (unpaired) electrons. The molecule has 0 N–H and O–H groups in total. The van der Waals surface area contributed by atoms with Crippen molar-refractivity contribution >= 4 is 23.6 Å². The summed E-state index contributed by atoms with van der Waals surface area (Å²) in [6.45, 7) is 2.04. The Labute approximate surface area is 178 Å². The molecule has 31 heavy (non-hydrogen) atoms. The van der Waals surface area contributed by atoms with Crippen LogP contribution < -0.4 is 9.47 Å². The number of hydrogen-bond acceptors (Lipinski definition) is 7. The molecule has 1 fully saturated rings. The number of aryl methyl sites for hydroxylation is 2. The van der Waals surface area contributed by atoms with Crippen molar-refractivity contribution in [1.82, 2.24) is 19.8 Å². The fraction of sp³-hybridized carbons (Fsp3) is 0.350. The molecule has 2 aromatic rings. The summed E-state index contributed by atoms with van der Waals surface area (Å²) < 4.78 is 11.7. The van der Waals surface area contributed by atoms with E-state index in [9.17, 15) is 19.7 Å². The smallest absolute Gasteiger partial charge is 0.322 e. The Morgan fingerprint density at radius 2 is 1.90 bits per heavy atom. The van der Waals surface area contributed by atoms with Crippen molar-refractivity contribution < 1.29 is 24.0 Å². The van der Waals surface area contributed by atoms with Crippen LogP contribution in [0.25, 0.3) is 6.08 Å². The highest BCUT2D eigenvalue weighted by Crippen LogP contribution is 2.27. The predicted molar refractivity (Wildman–Crippen MR) is 111 cm³/mol. The molecule has 0 unspecified atom stereocenters. The zero-order valence-electron chi connectivity index (χ0n) is 17.7. The Morgan fingerprint density at radius 1 is 1.19 bits per heavy atom. The second kappa shape index (κ2) is 8.86. The minimum atomic E-state index is -0.645. The summed E-state index contributed by atoms with van der Waals surface area (Å²) in [7, 11) is 4.52.